The predicted molar refractivity (Wildman–Crippen MR) is 94.0 cm³/mol. The average Bonchev–Trinajstić information content (AvgIpc) is 2.53. The van der Waals surface area contributed by atoms with Gasteiger partial charge in [-0.1, -0.05) is 11.6 Å². The maximum Gasteiger partial charge on any atom is 0.240 e. The van der Waals surface area contributed by atoms with E-state index >= 15 is 0 Å². The minimum Gasteiger partial charge on any atom is -0.347 e. The highest BCUT2D eigenvalue weighted by molar-refractivity contribution is 7.89. The predicted octanol–water partition coefficient (Wildman–Crippen LogP) is 1.14. The molecule has 0 aliphatic carbocycles. The molecule has 0 aliphatic heterocycles. The van der Waals surface area contributed by atoms with E-state index in [1.807, 2.05) is 0 Å². The van der Waals surface area contributed by atoms with Gasteiger partial charge >= 0.3 is 0 Å². The van der Waals surface area contributed by atoms with Crippen molar-refractivity contribution < 1.29 is 8.42 Å². The fourth-order valence-electron chi connectivity index (χ4n) is 1.73. The summed E-state index contributed by atoms with van der Waals surface area (Å²) in [6, 6.07) is 5.92. The standard InChI is InChI=1S/C14H19ClN6O2S/c1-20(2)13-17-12(18-14(19-13)21(3)4)9-16-24(22,23)11-7-5-10(15)6-8-11/h5-8,16H,9H2,1-4H3. The summed E-state index contributed by atoms with van der Waals surface area (Å²) in [4.78, 5) is 16.4. The number of anilines is 2. The molecule has 1 N–H and O–H groups in total. The zero-order valence-corrected chi connectivity index (χ0v) is 15.4. The molecule has 0 amide bonds. The Morgan fingerprint density at radius 3 is 1.92 bits per heavy atom. The van der Waals surface area contributed by atoms with E-state index in [1.54, 1.807) is 38.0 Å². The molecule has 0 atom stereocenters. The van der Waals surface area contributed by atoms with Crippen LogP contribution < -0.4 is 14.5 Å². The minimum absolute atomic E-state index is 0.0465. The van der Waals surface area contributed by atoms with E-state index in [4.69, 9.17) is 11.6 Å². The highest BCUT2D eigenvalue weighted by Crippen LogP contribution is 2.15. The average molecular weight is 371 g/mol. The number of aromatic nitrogens is 3. The van der Waals surface area contributed by atoms with Gasteiger partial charge in [-0.2, -0.15) is 15.0 Å². The fraction of sp³-hybridized carbons (Fsp3) is 0.357. The van der Waals surface area contributed by atoms with Crippen LogP contribution in [0.15, 0.2) is 29.2 Å². The van der Waals surface area contributed by atoms with Crippen molar-refractivity contribution in [2.45, 2.75) is 11.4 Å². The van der Waals surface area contributed by atoms with Crippen LogP contribution in [0.3, 0.4) is 0 Å². The Hall–Kier alpha value is -1.97. The Morgan fingerprint density at radius 1 is 0.958 bits per heavy atom. The summed E-state index contributed by atoms with van der Waals surface area (Å²) in [5.41, 5.74) is 0. The van der Waals surface area contributed by atoms with Crippen LogP contribution in [0.2, 0.25) is 5.02 Å². The number of sulfonamides is 1. The topological polar surface area (TPSA) is 91.3 Å². The molecule has 1 aromatic heterocycles. The van der Waals surface area contributed by atoms with Gasteiger partial charge in [-0.15, -0.1) is 0 Å². The summed E-state index contributed by atoms with van der Waals surface area (Å²) in [5, 5.41) is 0.470. The molecule has 0 saturated heterocycles. The van der Waals surface area contributed by atoms with Gasteiger partial charge in [0.1, 0.15) is 0 Å². The molecule has 2 aromatic rings. The molecular formula is C14H19ClN6O2S. The monoisotopic (exact) mass is 370 g/mol. The summed E-state index contributed by atoms with van der Waals surface area (Å²) in [7, 11) is 3.53. The molecule has 0 bridgehead atoms. The first-order chi connectivity index (χ1) is 11.2. The van der Waals surface area contributed by atoms with Gasteiger partial charge in [-0.05, 0) is 24.3 Å². The number of benzene rings is 1. The molecule has 1 aromatic carbocycles. The van der Waals surface area contributed by atoms with Crippen molar-refractivity contribution in [3.8, 4) is 0 Å². The second kappa shape index (κ2) is 7.29. The number of halogens is 1. The van der Waals surface area contributed by atoms with Gasteiger partial charge in [-0.3, -0.25) is 0 Å². The van der Waals surface area contributed by atoms with Crippen LogP contribution in [0, 0.1) is 0 Å². The molecule has 1 heterocycles. The molecule has 10 heteroatoms. The zero-order chi connectivity index (χ0) is 17.9. The van der Waals surface area contributed by atoms with Crippen LogP contribution in [0.5, 0.6) is 0 Å². The van der Waals surface area contributed by atoms with E-state index < -0.39 is 10.0 Å². The number of nitrogens with one attached hydrogen (secondary N) is 1. The van der Waals surface area contributed by atoms with Gasteiger partial charge < -0.3 is 9.80 Å². The van der Waals surface area contributed by atoms with Gasteiger partial charge in [0.05, 0.1) is 11.4 Å². The Balaban J connectivity index is 2.23. The van der Waals surface area contributed by atoms with Crippen molar-refractivity contribution in [1.29, 1.82) is 0 Å². The van der Waals surface area contributed by atoms with Crippen LogP contribution in [-0.2, 0) is 16.6 Å². The van der Waals surface area contributed by atoms with E-state index in [0.29, 0.717) is 22.7 Å². The Labute approximate surface area is 146 Å². The fourth-order valence-corrected chi connectivity index (χ4v) is 2.84. The molecule has 0 unspecified atom stereocenters. The largest absolute Gasteiger partial charge is 0.347 e. The first kappa shape index (κ1) is 18.4. The second-order valence-corrected chi connectivity index (χ2v) is 7.62. The first-order valence-electron chi connectivity index (χ1n) is 7.04. The van der Waals surface area contributed by atoms with Gasteiger partial charge in [0.25, 0.3) is 0 Å². The van der Waals surface area contributed by atoms with Gasteiger partial charge in [0.2, 0.25) is 21.9 Å². The summed E-state index contributed by atoms with van der Waals surface area (Å²) >= 11 is 5.78. The Kier molecular flexibility index (Phi) is 5.58. The van der Waals surface area contributed by atoms with E-state index in [0.717, 1.165) is 0 Å². The van der Waals surface area contributed by atoms with Crippen LogP contribution >= 0.6 is 11.6 Å². The number of rotatable bonds is 6. The lowest BCUT2D eigenvalue weighted by molar-refractivity contribution is 0.579. The minimum atomic E-state index is -3.68. The van der Waals surface area contributed by atoms with Crippen molar-refractivity contribution in [3.63, 3.8) is 0 Å². The molecule has 2 rings (SSSR count). The van der Waals surface area contributed by atoms with Gasteiger partial charge in [0, 0.05) is 33.2 Å². The van der Waals surface area contributed by atoms with Crippen molar-refractivity contribution in [2.24, 2.45) is 0 Å². The number of nitrogens with zero attached hydrogens (tertiary/aromatic N) is 5. The molecule has 0 fully saturated rings. The zero-order valence-electron chi connectivity index (χ0n) is 13.9. The maximum absolute atomic E-state index is 12.3. The third-order valence-corrected chi connectivity index (χ3v) is 4.67. The van der Waals surface area contributed by atoms with Crippen LogP contribution in [0.25, 0.3) is 0 Å². The lowest BCUT2D eigenvalue weighted by atomic mass is 10.4. The summed E-state index contributed by atoms with van der Waals surface area (Å²) in [6.07, 6.45) is 0. The van der Waals surface area contributed by atoms with Crippen molar-refractivity contribution >= 4 is 33.5 Å². The van der Waals surface area contributed by atoms with Crippen LogP contribution in [0.4, 0.5) is 11.9 Å². The number of hydrogen-bond donors (Lipinski definition) is 1. The van der Waals surface area contributed by atoms with E-state index in [1.165, 1.54) is 24.3 Å². The van der Waals surface area contributed by atoms with Crippen LogP contribution in [0.1, 0.15) is 5.82 Å². The molecule has 8 nitrogen and oxygen atoms in total. The lowest BCUT2D eigenvalue weighted by Gasteiger charge is -2.16. The summed E-state index contributed by atoms with van der Waals surface area (Å²) in [6.45, 7) is -0.0465. The van der Waals surface area contributed by atoms with E-state index in [2.05, 4.69) is 19.7 Å². The maximum atomic E-state index is 12.3. The quantitative estimate of drug-likeness (QED) is 0.815. The molecule has 0 spiro atoms. The molecule has 0 aliphatic rings. The Bertz CT molecular complexity index is 782. The second-order valence-electron chi connectivity index (χ2n) is 5.42. The highest BCUT2D eigenvalue weighted by atomic mass is 35.5. The lowest BCUT2D eigenvalue weighted by Crippen LogP contribution is -2.26. The van der Waals surface area contributed by atoms with Crippen molar-refractivity contribution in [2.75, 3.05) is 38.0 Å². The van der Waals surface area contributed by atoms with E-state index in [-0.39, 0.29) is 11.4 Å². The molecular weight excluding hydrogens is 352 g/mol. The molecule has 130 valence electrons. The smallest absolute Gasteiger partial charge is 0.240 e. The number of hydrogen-bond acceptors (Lipinski definition) is 7. The van der Waals surface area contributed by atoms with E-state index in [9.17, 15) is 8.42 Å². The highest BCUT2D eigenvalue weighted by Gasteiger charge is 2.16. The third-order valence-electron chi connectivity index (χ3n) is 3.00. The SMILES string of the molecule is CN(C)c1nc(CNS(=O)(=O)c2ccc(Cl)cc2)nc(N(C)C)n1. The van der Waals surface area contributed by atoms with Gasteiger partial charge in [-0.25, -0.2) is 13.1 Å². The van der Waals surface area contributed by atoms with Crippen LogP contribution in [-0.4, -0.2) is 51.6 Å². The third kappa shape index (κ3) is 4.53. The summed E-state index contributed by atoms with van der Waals surface area (Å²) < 4.78 is 27.1. The Morgan fingerprint density at radius 2 is 1.46 bits per heavy atom. The first-order valence-corrected chi connectivity index (χ1v) is 8.90. The van der Waals surface area contributed by atoms with Gasteiger partial charge in [0.15, 0.2) is 5.82 Å². The normalized spacial score (nSPS) is 11.4. The van der Waals surface area contributed by atoms with Crippen molar-refractivity contribution in [1.82, 2.24) is 19.7 Å². The molecule has 0 saturated carbocycles. The van der Waals surface area contributed by atoms with Crippen molar-refractivity contribution in [3.05, 3.63) is 35.1 Å². The molecule has 24 heavy (non-hydrogen) atoms. The summed E-state index contributed by atoms with van der Waals surface area (Å²) in [5.74, 6) is 1.23. The molecule has 0 radical (unpaired) electrons.